The Balaban J connectivity index is -0.000000180. The maximum atomic E-state index is 7.82. The largest absolute Gasteiger partial charge is 0.412 e. The van der Waals surface area contributed by atoms with E-state index in [-0.39, 0.29) is 11.0 Å². The van der Waals surface area contributed by atoms with Crippen molar-refractivity contribution in [3.8, 4) is 0 Å². The first-order chi connectivity index (χ1) is 3.13. The minimum absolute atomic E-state index is 0. The molecule has 0 unspecified atom stereocenters. The van der Waals surface area contributed by atoms with Gasteiger partial charge in [0.2, 0.25) is 0 Å². The van der Waals surface area contributed by atoms with Crippen LogP contribution in [0, 0.1) is 0 Å². The lowest BCUT2D eigenvalue weighted by molar-refractivity contribution is 0.324. The zero-order valence-corrected chi connectivity index (χ0v) is 5.88. The summed E-state index contributed by atoms with van der Waals surface area (Å²) in [4.78, 5) is 31.3. The van der Waals surface area contributed by atoms with Crippen molar-refractivity contribution in [1.29, 1.82) is 0 Å². The minimum atomic E-state index is -2.61. The van der Waals surface area contributed by atoms with Crippen LogP contribution in [-0.2, 0) is 4.31 Å². The molecule has 0 atom stereocenters. The van der Waals surface area contributed by atoms with Gasteiger partial charge in [-0.3, -0.25) is 0 Å². The van der Waals surface area contributed by atoms with E-state index in [1.165, 1.54) is 0 Å². The van der Waals surface area contributed by atoms with E-state index in [0.29, 0.717) is 0 Å². The lowest BCUT2D eigenvalue weighted by Gasteiger charge is -2.00. The average molecular weight is 182 g/mol. The number of hydrogen-bond acceptors (Lipinski definition) is 5. The SMILES string of the molecule is O.O.OP(O)OP(O)O. The molecule has 0 aromatic heterocycles. The molecule has 9 heavy (non-hydrogen) atoms. The molecule has 0 aliphatic heterocycles. The van der Waals surface area contributed by atoms with Crippen molar-refractivity contribution in [3.05, 3.63) is 0 Å². The Kier molecular flexibility index (Phi) is 15.5. The Hall–Kier alpha value is 0.580. The van der Waals surface area contributed by atoms with Gasteiger partial charge in [0.05, 0.1) is 0 Å². The molecule has 0 heterocycles. The molecule has 60 valence electrons. The van der Waals surface area contributed by atoms with Crippen molar-refractivity contribution in [3.63, 3.8) is 0 Å². The van der Waals surface area contributed by atoms with Crippen LogP contribution in [0.1, 0.15) is 0 Å². The van der Waals surface area contributed by atoms with Gasteiger partial charge < -0.3 is 30.5 Å². The molecule has 9 heteroatoms. The average Bonchev–Trinajstić information content (AvgIpc) is 1.27. The summed E-state index contributed by atoms with van der Waals surface area (Å²) in [6, 6.07) is 0. The lowest BCUT2D eigenvalue weighted by Crippen LogP contribution is -1.73. The van der Waals surface area contributed by atoms with Crippen molar-refractivity contribution < 1.29 is 34.8 Å². The van der Waals surface area contributed by atoms with Crippen LogP contribution in [-0.4, -0.2) is 30.5 Å². The highest BCUT2D eigenvalue weighted by Gasteiger charge is 2.05. The van der Waals surface area contributed by atoms with Crippen molar-refractivity contribution in [2.45, 2.75) is 0 Å². The van der Waals surface area contributed by atoms with Crippen molar-refractivity contribution in [2.24, 2.45) is 0 Å². The quantitative estimate of drug-likeness (QED) is 0.356. The predicted molar refractivity (Wildman–Crippen MR) is 31.0 cm³/mol. The van der Waals surface area contributed by atoms with Crippen molar-refractivity contribution in [2.75, 3.05) is 0 Å². The second-order valence-corrected chi connectivity index (χ2v) is 2.25. The van der Waals surface area contributed by atoms with Gasteiger partial charge in [-0.25, -0.2) is 4.31 Å². The van der Waals surface area contributed by atoms with Gasteiger partial charge in [0.15, 0.2) is 0 Å². The summed E-state index contributed by atoms with van der Waals surface area (Å²) in [6.45, 7) is 0. The fourth-order valence-corrected chi connectivity index (χ4v) is 0.588. The van der Waals surface area contributed by atoms with Crippen molar-refractivity contribution >= 4 is 17.2 Å². The Bertz CT molecular complexity index is 36.2. The molecule has 0 fully saturated rings. The van der Waals surface area contributed by atoms with Gasteiger partial charge in [0.25, 0.3) is 0 Å². The Labute approximate surface area is 53.1 Å². The highest BCUT2D eigenvalue weighted by atomic mass is 31.2. The zero-order chi connectivity index (χ0) is 5.86. The van der Waals surface area contributed by atoms with Crippen LogP contribution in [0.25, 0.3) is 0 Å². The first-order valence-electron chi connectivity index (χ1n) is 1.17. The molecule has 0 spiro atoms. The number of rotatable bonds is 2. The third-order valence-corrected chi connectivity index (χ3v) is 1.31. The molecule has 0 aromatic rings. The molecule has 0 radical (unpaired) electrons. The summed E-state index contributed by atoms with van der Waals surface area (Å²) in [7, 11) is -5.22. The van der Waals surface area contributed by atoms with E-state index in [4.69, 9.17) is 19.6 Å². The van der Waals surface area contributed by atoms with E-state index in [1.807, 2.05) is 0 Å². The first-order valence-corrected chi connectivity index (χ1v) is 3.50. The molecule has 7 nitrogen and oxygen atoms in total. The van der Waals surface area contributed by atoms with Crippen LogP contribution in [0.5, 0.6) is 0 Å². The van der Waals surface area contributed by atoms with E-state index in [0.717, 1.165) is 0 Å². The topological polar surface area (TPSA) is 153 Å². The summed E-state index contributed by atoms with van der Waals surface area (Å²) in [5, 5.41) is 0. The van der Waals surface area contributed by atoms with E-state index in [9.17, 15) is 0 Å². The summed E-state index contributed by atoms with van der Waals surface area (Å²) in [5.74, 6) is 0. The van der Waals surface area contributed by atoms with E-state index < -0.39 is 17.2 Å². The third kappa shape index (κ3) is 17.7. The van der Waals surface area contributed by atoms with Gasteiger partial charge in [-0.1, -0.05) is 0 Å². The van der Waals surface area contributed by atoms with Crippen LogP contribution < -0.4 is 0 Å². The van der Waals surface area contributed by atoms with E-state index in [1.54, 1.807) is 0 Å². The highest BCUT2D eigenvalue weighted by molar-refractivity contribution is 7.53. The minimum Gasteiger partial charge on any atom is -0.412 e. The summed E-state index contributed by atoms with van der Waals surface area (Å²) < 4.78 is 3.60. The van der Waals surface area contributed by atoms with Crippen LogP contribution >= 0.6 is 17.2 Å². The van der Waals surface area contributed by atoms with Gasteiger partial charge in [-0.05, 0) is 0 Å². The van der Waals surface area contributed by atoms with Gasteiger partial charge in [-0.15, -0.1) is 0 Å². The smallest absolute Gasteiger partial charge is 0.334 e. The van der Waals surface area contributed by atoms with E-state index in [2.05, 4.69) is 4.31 Å². The van der Waals surface area contributed by atoms with Gasteiger partial charge in [0, 0.05) is 0 Å². The molecule has 0 aliphatic rings. The van der Waals surface area contributed by atoms with Crippen LogP contribution in [0.3, 0.4) is 0 Å². The molecule has 0 saturated heterocycles. The molecular weight excluding hydrogens is 174 g/mol. The summed E-state index contributed by atoms with van der Waals surface area (Å²) in [6.07, 6.45) is 0. The van der Waals surface area contributed by atoms with Crippen molar-refractivity contribution in [1.82, 2.24) is 0 Å². The molecule has 0 saturated carbocycles. The van der Waals surface area contributed by atoms with Crippen LogP contribution in [0.4, 0.5) is 0 Å². The highest BCUT2D eigenvalue weighted by Crippen LogP contribution is 2.41. The number of hydrogen-bond donors (Lipinski definition) is 4. The molecular formula is H8O7P2. The van der Waals surface area contributed by atoms with Crippen LogP contribution in [0.15, 0.2) is 0 Å². The van der Waals surface area contributed by atoms with Gasteiger partial charge >= 0.3 is 17.2 Å². The summed E-state index contributed by atoms with van der Waals surface area (Å²) in [5.41, 5.74) is 0. The maximum Gasteiger partial charge on any atom is 0.334 e. The summed E-state index contributed by atoms with van der Waals surface area (Å²) >= 11 is 0. The lowest BCUT2D eigenvalue weighted by atomic mass is 15.7. The Morgan fingerprint density at radius 1 is 0.778 bits per heavy atom. The molecule has 8 N–H and O–H groups in total. The Morgan fingerprint density at radius 3 is 1.00 bits per heavy atom. The molecule has 0 amide bonds. The predicted octanol–water partition coefficient (Wildman–Crippen LogP) is -2.22. The normalized spacial score (nSPS) is 8.67. The Morgan fingerprint density at radius 2 is 1.00 bits per heavy atom. The second-order valence-electron chi connectivity index (χ2n) is 0.587. The molecule has 0 bridgehead atoms. The zero-order valence-electron chi connectivity index (χ0n) is 4.09. The standard InChI is InChI=1S/H4O5P2.2H2O/c1-6(2)5-7(3)4;;/h1-4H;2*1H2. The fourth-order valence-electron chi connectivity index (χ4n) is 0.0653. The maximum absolute atomic E-state index is 7.82. The first kappa shape index (κ1) is 16.3. The monoisotopic (exact) mass is 182 g/mol. The second kappa shape index (κ2) is 8.58. The molecule has 0 aliphatic carbocycles. The van der Waals surface area contributed by atoms with Crippen LogP contribution in [0.2, 0.25) is 0 Å². The molecule has 0 rings (SSSR count). The van der Waals surface area contributed by atoms with E-state index >= 15 is 0 Å². The van der Waals surface area contributed by atoms with Gasteiger partial charge in [-0.2, -0.15) is 0 Å². The third-order valence-electron chi connectivity index (χ3n) is 0.146. The fraction of sp³-hybridized carbons (Fsp3) is 0. The van der Waals surface area contributed by atoms with Gasteiger partial charge in [0.1, 0.15) is 0 Å². The molecule has 0 aromatic carbocycles.